The van der Waals surface area contributed by atoms with E-state index in [0.717, 1.165) is 0 Å². The van der Waals surface area contributed by atoms with Crippen LogP contribution < -0.4 is 0 Å². The summed E-state index contributed by atoms with van der Waals surface area (Å²) in [5.74, 6) is 0. The van der Waals surface area contributed by atoms with Gasteiger partial charge in [0.05, 0.1) is 6.17 Å². The van der Waals surface area contributed by atoms with Crippen molar-refractivity contribution < 1.29 is 56.4 Å². The minimum absolute atomic E-state index is 0.557. The Balaban J connectivity index is 0.000000604. The van der Waals surface area contributed by atoms with Crippen LogP contribution in [0.25, 0.3) is 0 Å². The van der Waals surface area contributed by atoms with Gasteiger partial charge < -0.3 is 14.8 Å². The minimum atomic E-state index is -6.52. The average Bonchev–Trinajstić information content (AvgIpc) is 2.81. The molecule has 0 radical (unpaired) electrons. The Morgan fingerprint density at radius 1 is 1.00 bits per heavy atom. The van der Waals surface area contributed by atoms with E-state index in [1.807, 2.05) is 0 Å². The quantitative estimate of drug-likeness (QED) is 0.330. The van der Waals surface area contributed by atoms with Gasteiger partial charge in [0.1, 0.15) is 0 Å². The van der Waals surface area contributed by atoms with E-state index in [0.29, 0.717) is 6.17 Å². The fourth-order valence-electron chi connectivity index (χ4n) is 1.62. The molecule has 0 saturated heterocycles. The highest BCUT2D eigenvalue weighted by atomic mass is 32.2. The van der Waals surface area contributed by atoms with Crippen molar-refractivity contribution in [3.8, 4) is 0 Å². The summed E-state index contributed by atoms with van der Waals surface area (Å²) in [4.78, 5) is 4.61. The maximum absolute atomic E-state index is 11.6. The van der Waals surface area contributed by atoms with Crippen LogP contribution in [0.1, 0.15) is 26.7 Å². The van der Waals surface area contributed by atoms with E-state index >= 15 is 0 Å². The molecule has 0 saturated carbocycles. The second-order valence-electron chi connectivity index (χ2n) is 5.49. The number of rotatable bonds is 7. The zero-order valence-corrected chi connectivity index (χ0v) is 16.9. The molecule has 172 valence electrons. The molecular formula is C11H19BF6N2O7S2. The Bertz CT molecular complexity index is 711. The van der Waals surface area contributed by atoms with Gasteiger partial charge in [-0.3, -0.25) is 8.20 Å². The molecule has 1 heterocycles. The molecule has 0 spiro atoms. The average molecular weight is 480 g/mol. The zero-order chi connectivity index (χ0) is 23.3. The van der Waals surface area contributed by atoms with Crippen molar-refractivity contribution >= 4 is 27.6 Å². The largest absolute Gasteiger partial charge is 0.667 e. The van der Waals surface area contributed by atoms with Crippen LogP contribution in [0.15, 0.2) is 12.4 Å². The van der Waals surface area contributed by atoms with Gasteiger partial charge in [-0.25, -0.2) is 0 Å². The monoisotopic (exact) mass is 480 g/mol. The van der Waals surface area contributed by atoms with E-state index in [1.165, 1.54) is 19.4 Å². The second-order valence-corrected chi connectivity index (χ2v) is 8.61. The van der Waals surface area contributed by atoms with Gasteiger partial charge in [0.15, 0.2) is 0 Å². The summed E-state index contributed by atoms with van der Waals surface area (Å²) in [5, 5.41) is 8.24. The molecule has 1 aliphatic rings. The van der Waals surface area contributed by atoms with Crippen molar-refractivity contribution in [1.82, 2.24) is 9.80 Å². The Kier molecular flexibility index (Phi) is 9.75. The molecule has 0 bridgehead atoms. The third kappa shape index (κ3) is 8.57. The van der Waals surface area contributed by atoms with E-state index in [4.69, 9.17) is 5.02 Å². The normalized spacial score (nSPS) is 17.9. The third-order valence-corrected chi connectivity index (χ3v) is 5.29. The van der Waals surface area contributed by atoms with Crippen molar-refractivity contribution in [2.75, 3.05) is 13.6 Å². The molecule has 0 fully saturated rings. The van der Waals surface area contributed by atoms with Gasteiger partial charge in [-0.05, 0) is 13.3 Å². The molecule has 0 aromatic carbocycles. The van der Waals surface area contributed by atoms with Crippen molar-refractivity contribution in [2.24, 2.45) is 0 Å². The fraction of sp³-hybridized carbons (Fsp3) is 0.818. The van der Waals surface area contributed by atoms with Crippen molar-refractivity contribution in [3.63, 3.8) is 0 Å². The molecule has 0 aromatic heterocycles. The van der Waals surface area contributed by atoms with E-state index in [1.54, 1.807) is 0 Å². The Hall–Kier alpha value is -1.24. The highest BCUT2D eigenvalue weighted by Gasteiger charge is 2.54. The summed E-state index contributed by atoms with van der Waals surface area (Å²) < 4.78 is 115. The molecule has 18 heteroatoms. The van der Waals surface area contributed by atoms with Crippen molar-refractivity contribution in [3.05, 3.63) is 12.4 Å². The maximum atomic E-state index is 11.6. The number of nitrogens with zero attached hydrogens (tertiary/aromatic N) is 2. The van der Waals surface area contributed by atoms with E-state index in [-0.39, 0.29) is 0 Å². The number of hydrogen-bond donors (Lipinski definition) is 1. The summed E-state index contributed by atoms with van der Waals surface area (Å²) in [6.07, 6.45) is 7.45. The lowest BCUT2D eigenvalue weighted by Gasteiger charge is -2.26. The molecule has 1 atom stereocenters. The highest BCUT2D eigenvalue weighted by molar-refractivity contribution is 7.89. The van der Waals surface area contributed by atoms with Gasteiger partial charge in [-0.1, -0.05) is 13.3 Å². The first-order chi connectivity index (χ1) is 12.9. The van der Waals surface area contributed by atoms with Gasteiger partial charge in [0.2, 0.25) is 0 Å². The first-order valence-electron chi connectivity index (χ1n) is 7.69. The molecule has 1 N–H and O–H groups in total. The zero-order valence-electron chi connectivity index (χ0n) is 15.3. The summed E-state index contributed by atoms with van der Waals surface area (Å²) in [5.41, 5.74) is -12.2. The van der Waals surface area contributed by atoms with Crippen LogP contribution in [0.5, 0.6) is 0 Å². The standard InChI is InChI=1S/C9H18N2.C2HBF6O7S2/c1-4-5-6-11-8-7-10(3)9(11)2;4-1(5,6)17(11,12)15-3(10)16-18(13,14)2(7,8)9/h7-9H,4-6H2,1-3H3;10H. The molecule has 0 aromatic rings. The van der Waals surface area contributed by atoms with Gasteiger partial charge in [-0.2, -0.15) is 43.2 Å². The van der Waals surface area contributed by atoms with Crippen LogP contribution in [0.3, 0.4) is 0 Å². The van der Waals surface area contributed by atoms with Gasteiger partial charge in [-0.15, -0.1) is 0 Å². The third-order valence-electron chi connectivity index (χ3n) is 3.32. The maximum Gasteiger partial charge on any atom is 0.667 e. The molecular weight excluding hydrogens is 461 g/mol. The highest BCUT2D eigenvalue weighted by Crippen LogP contribution is 2.28. The summed E-state index contributed by atoms with van der Waals surface area (Å²) in [6.45, 7) is 5.66. The van der Waals surface area contributed by atoms with Crippen LogP contribution in [0.2, 0.25) is 0 Å². The topological polar surface area (TPSA) is 113 Å². The lowest BCUT2D eigenvalue weighted by Crippen LogP contribution is -2.38. The molecule has 29 heavy (non-hydrogen) atoms. The first-order valence-corrected chi connectivity index (χ1v) is 10.5. The smallest absolute Gasteiger partial charge is 0.400 e. The summed E-state index contributed by atoms with van der Waals surface area (Å²) in [7, 11) is -14.8. The summed E-state index contributed by atoms with van der Waals surface area (Å²) in [6, 6.07) is 0. The van der Waals surface area contributed by atoms with E-state index in [9.17, 15) is 43.2 Å². The van der Waals surface area contributed by atoms with Gasteiger partial charge >= 0.3 is 38.6 Å². The molecule has 1 rings (SSSR count). The number of halogens is 6. The lowest BCUT2D eigenvalue weighted by atomic mass is 10.3. The van der Waals surface area contributed by atoms with Gasteiger partial charge in [0, 0.05) is 26.0 Å². The van der Waals surface area contributed by atoms with Crippen LogP contribution in [0, 0.1) is 0 Å². The first kappa shape index (κ1) is 27.8. The molecule has 9 nitrogen and oxygen atoms in total. The van der Waals surface area contributed by atoms with Gasteiger partial charge in [0.25, 0.3) is 0 Å². The minimum Gasteiger partial charge on any atom is -0.400 e. The second kappa shape index (κ2) is 10.2. The lowest BCUT2D eigenvalue weighted by molar-refractivity contribution is -0.0539. The Morgan fingerprint density at radius 3 is 1.69 bits per heavy atom. The number of unbranched alkanes of at least 4 members (excludes halogenated alkanes) is 1. The van der Waals surface area contributed by atoms with Crippen LogP contribution in [-0.2, 0) is 28.4 Å². The van der Waals surface area contributed by atoms with Crippen LogP contribution in [0.4, 0.5) is 26.3 Å². The molecule has 0 amide bonds. The fourth-order valence-corrected chi connectivity index (χ4v) is 2.40. The van der Waals surface area contributed by atoms with Crippen LogP contribution in [-0.4, -0.2) is 69.8 Å². The van der Waals surface area contributed by atoms with E-state index in [2.05, 4.69) is 51.3 Å². The molecule has 1 aliphatic heterocycles. The van der Waals surface area contributed by atoms with Crippen molar-refractivity contribution in [2.45, 2.75) is 43.9 Å². The predicted molar refractivity (Wildman–Crippen MR) is 88.1 cm³/mol. The van der Waals surface area contributed by atoms with E-state index < -0.39 is 38.6 Å². The predicted octanol–water partition coefficient (Wildman–Crippen LogP) is 1.55. The molecule has 0 aliphatic carbocycles. The number of hydrogen-bond acceptors (Lipinski definition) is 9. The summed E-state index contributed by atoms with van der Waals surface area (Å²) >= 11 is 0. The van der Waals surface area contributed by atoms with Crippen LogP contribution >= 0.6 is 0 Å². The Labute approximate surface area is 164 Å². The SMILES string of the molecule is CCCCN1C=CN(C)C1C.O=S(=O)(OB(O)OS(=O)(=O)C(F)(F)F)C(F)(F)F. The number of alkyl halides is 6. The van der Waals surface area contributed by atoms with Crippen molar-refractivity contribution in [1.29, 1.82) is 0 Å². The Morgan fingerprint density at radius 2 is 1.41 bits per heavy atom. The molecule has 1 unspecified atom stereocenters.